The first-order valence-corrected chi connectivity index (χ1v) is 10.3. The second kappa shape index (κ2) is 7.16. The quantitative estimate of drug-likeness (QED) is 0.768. The fourth-order valence-corrected chi connectivity index (χ4v) is 4.56. The maximum Gasteiger partial charge on any atom is 0.266 e. The molecule has 1 unspecified atom stereocenters. The summed E-state index contributed by atoms with van der Waals surface area (Å²) in [6.45, 7) is 3.39. The van der Waals surface area contributed by atoms with E-state index in [0.29, 0.717) is 30.2 Å². The number of amides is 1. The summed E-state index contributed by atoms with van der Waals surface area (Å²) in [5.74, 6) is 1.40. The molecular weight excluding hydrogens is 356 g/mol. The van der Waals surface area contributed by atoms with E-state index in [1.54, 1.807) is 27.7 Å². The molecule has 0 radical (unpaired) electrons. The molecule has 0 N–H and O–H groups in total. The van der Waals surface area contributed by atoms with Crippen LogP contribution in [0.15, 0.2) is 35.4 Å². The number of hydrogen-bond donors (Lipinski definition) is 0. The lowest BCUT2D eigenvalue weighted by Crippen LogP contribution is -2.46. The first-order chi connectivity index (χ1) is 13.7. The molecule has 8 heteroatoms. The van der Waals surface area contributed by atoms with Crippen LogP contribution in [0.1, 0.15) is 32.1 Å². The molecule has 3 aliphatic rings. The van der Waals surface area contributed by atoms with E-state index >= 15 is 0 Å². The maximum atomic E-state index is 12.7. The van der Waals surface area contributed by atoms with Crippen LogP contribution < -0.4 is 5.56 Å². The molecule has 1 amide bonds. The van der Waals surface area contributed by atoms with E-state index in [4.69, 9.17) is 0 Å². The molecule has 1 atom stereocenters. The number of aromatic nitrogens is 4. The van der Waals surface area contributed by atoms with Crippen molar-refractivity contribution in [3.05, 3.63) is 40.9 Å². The molecule has 2 aliphatic heterocycles. The predicted octanol–water partition coefficient (Wildman–Crippen LogP) is 0.904. The molecule has 0 aromatic carbocycles. The minimum Gasteiger partial charge on any atom is -0.338 e. The molecular formula is C20H26N6O2. The van der Waals surface area contributed by atoms with E-state index in [1.807, 2.05) is 12.3 Å². The highest BCUT2D eigenvalue weighted by atomic mass is 16.2. The highest BCUT2D eigenvalue weighted by Crippen LogP contribution is 2.33. The van der Waals surface area contributed by atoms with Crippen LogP contribution >= 0.6 is 0 Å². The van der Waals surface area contributed by atoms with E-state index in [2.05, 4.69) is 20.0 Å². The Kier molecular flexibility index (Phi) is 4.50. The van der Waals surface area contributed by atoms with Crippen molar-refractivity contribution < 1.29 is 4.79 Å². The van der Waals surface area contributed by atoms with Crippen molar-refractivity contribution in [2.24, 2.45) is 5.92 Å². The smallest absolute Gasteiger partial charge is 0.266 e. The molecule has 2 aromatic rings. The second-order valence-electron chi connectivity index (χ2n) is 8.21. The van der Waals surface area contributed by atoms with E-state index in [-0.39, 0.29) is 11.6 Å². The third-order valence-electron chi connectivity index (χ3n) is 6.31. The average molecular weight is 382 g/mol. The van der Waals surface area contributed by atoms with Crippen LogP contribution in [-0.4, -0.2) is 67.0 Å². The number of hydrogen-bond acceptors (Lipinski definition) is 5. The largest absolute Gasteiger partial charge is 0.338 e. The van der Waals surface area contributed by atoms with Crippen molar-refractivity contribution in [3.63, 3.8) is 0 Å². The Bertz CT molecular complexity index is 896. The number of rotatable bonds is 5. The Morgan fingerprint density at radius 2 is 1.82 bits per heavy atom. The molecule has 28 heavy (non-hydrogen) atoms. The lowest BCUT2D eigenvalue weighted by molar-refractivity contribution is -0.133. The van der Waals surface area contributed by atoms with Gasteiger partial charge in [-0.1, -0.05) is 0 Å². The van der Waals surface area contributed by atoms with Gasteiger partial charge in [0.25, 0.3) is 5.56 Å². The van der Waals surface area contributed by atoms with Crippen LogP contribution in [0, 0.1) is 5.92 Å². The SMILES string of the molecule is O=C1C(N2CCC(Cn3nc(-n4cccn4)ccc3=O)CC2)CCN1C1CC1. The first-order valence-electron chi connectivity index (χ1n) is 10.3. The summed E-state index contributed by atoms with van der Waals surface area (Å²) in [4.78, 5) is 29.4. The van der Waals surface area contributed by atoms with Crippen molar-refractivity contribution in [2.45, 2.75) is 50.7 Å². The molecule has 5 rings (SSSR count). The number of likely N-dealkylation sites (tertiary alicyclic amines) is 2. The van der Waals surface area contributed by atoms with Crippen LogP contribution in [0.2, 0.25) is 0 Å². The van der Waals surface area contributed by atoms with Gasteiger partial charge in [-0.2, -0.15) is 5.10 Å². The summed E-state index contributed by atoms with van der Waals surface area (Å²) in [5.41, 5.74) is -0.0793. The Morgan fingerprint density at radius 3 is 2.54 bits per heavy atom. The standard InChI is InChI=1S/C20H26N6O2/c27-19-5-4-18(25-10-1-9-21-25)22-26(19)14-15-6-11-23(12-7-15)17-8-13-24(20(17)28)16-2-3-16/h1,4-5,9-10,15-17H,2-3,6-8,11-14H2. The van der Waals surface area contributed by atoms with Gasteiger partial charge in [-0.3, -0.25) is 14.5 Å². The van der Waals surface area contributed by atoms with E-state index in [1.165, 1.54) is 12.8 Å². The lowest BCUT2D eigenvalue weighted by Gasteiger charge is -2.35. The first kappa shape index (κ1) is 17.6. The normalized spacial score (nSPS) is 24.2. The van der Waals surface area contributed by atoms with Gasteiger partial charge < -0.3 is 4.90 Å². The average Bonchev–Trinajstić information content (AvgIpc) is 3.25. The third kappa shape index (κ3) is 3.37. The molecule has 148 valence electrons. The van der Waals surface area contributed by atoms with Gasteiger partial charge in [0.1, 0.15) is 0 Å². The van der Waals surface area contributed by atoms with E-state index in [0.717, 1.165) is 38.9 Å². The van der Waals surface area contributed by atoms with Gasteiger partial charge in [-0.25, -0.2) is 9.36 Å². The number of carbonyl (C=O) groups excluding carboxylic acids is 1. The number of nitrogens with zero attached hydrogens (tertiary/aromatic N) is 6. The monoisotopic (exact) mass is 382 g/mol. The summed E-state index contributed by atoms with van der Waals surface area (Å²) in [6.07, 6.45) is 8.83. The highest BCUT2D eigenvalue weighted by molar-refractivity contribution is 5.84. The number of piperidine rings is 1. The molecule has 3 fully saturated rings. The number of carbonyl (C=O) groups is 1. The lowest BCUT2D eigenvalue weighted by atomic mass is 9.95. The van der Waals surface area contributed by atoms with E-state index < -0.39 is 0 Å². The van der Waals surface area contributed by atoms with Gasteiger partial charge in [0.15, 0.2) is 5.82 Å². The van der Waals surface area contributed by atoms with Crippen LogP contribution in [0.4, 0.5) is 0 Å². The molecule has 1 aliphatic carbocycles. The zero-order chi connectivity index (χ0) is 19.1. The molecule has 2 saturated heterocycles. The molecule has 8 nitrogen and oxygen atoms in total. The highest BCUT2D eigenvalue weighted by Gasteiger charge is 2.43. The van der Waals surface area contributed by atoms with Gasteiger partial charge >= 0.3 is 0 Å². The predicted molar refractivity (Wildman–Crippen MR) is 103 cm³/mol. The van der Waals surface area contributed by atoms with Gasteiger partial charge in [-0.15, -0.1) is 5.10 Å². The van der Waals surface area contributed by atoms with Gasteiger partial charge in [-0.05, 0) is 63.2 Å². The summed E-state index contributed by atoms with van der Waals surface area (Å²) >= 11 is 0. The Morgan fingerprint density at radius 1 is 1.00 bits per heavy atom. The molecule has 2 aromatic heterocycles. The van der Waals surface area contributed by atoms with Crippen molar-refractivity contribution in [2.75, 3.05) is 19.6 Å². The zero-order valence-corrected chi connectivity index (χ0v) is 16.0. The Hall–Kier alpha value is -2.48. The van der Waals surface area contributed by atoms with Crippen molar-refractivity contribution in [1.29, 1.82) is 0 Å². The van der Waals surface area contributed by atoms with Crippen LogP contribution in [0.3, 0.4) is 0 Å². The van der Waals surface area contributed by atoms with E-state index in [9.17, 15) is 9.59 Å². The van der Waals surface area contributed by atoms with Crippen molar-refractivity contribution in [1.82, 2.24) is 29.4 Å². The summed E-state index contributed by atoms with van der Waals surface area (Å²) in [6, 6.07) is 5.69. The third-order valence-corrected chi connectivity index (χ3v) is 6.31. The maximum absolute atomic E-state index is 12.7. The van der Waals surface area contributed by atoms with Crippen LogP contribution in [0.25, 0.3) is 5.82 Å². The minimum atomic E-state index is -0.0793. The summed E-state index contributed by atoms with van der Waals surface area (Å²) in [7, 11) is 0. The molecule has 0 spiro atoms. The minimum absolute atomic E-state index is 0.0746. The van der Waals surface area contributed by atoms with Gasteiger partial charge in [0, 0.05) is 37.6 Å². The Labute approximate surface area is 163 Å². The van der Waals surface area contributed by atoms with Crippen molar-refractivity contribution in [3.8, 4) is 5.82 Å². The van der Waals surface area contributed by atoms with Crippen LogP contribution in [-0.2, 0) is 11.3 Å². The summed E-state index contributed by atoms with van der Waals surface area (Å²) in [5, 5.41) is 8.67. The molecule has 4 heterocycles. The van der Waals surface area contributed by atoms with Gasteiger partial charge in [0.2, 0.25) is 5.91 Å². The van der Waals surface area contributed by atoms with Crippen LogP contribution in [0.5, 0.6) is 0 Å². The van der Waals surface area contributed by atoms with Gasteiger partial charge in [0.05, 0.1) is 6.04 Å². The topological polar surface area (TPSA) is 76.3 Å². The summed E-state index contributed by atoms with van der Waals surface area (Å²) < 4.78 is 3.22. The zero-order valence-electron chi connectivity index (χ0n) is 16.0. The molecule has 1 saturated carbocycles. The second-order valence-corrected chi connectivity index (χ2v) is 8.21. The fourth-order valence-electron chi connectivity index (χ4n) is 4.56. The Balaban J connectivity index is 1.20. The fraction of sp³-hybridized carbons (Fsp3) is 0.600. The van der Waals surface area contributed by atoms with Crippen molar-refractivity contribution >= 4 is 5.91 Å². The molecule has 0 bridgehead atoms.